The van der Waals surface area contributed by atoms with E-state index in [0.29, 0.717) is 5.92 Å². The molecule has 0 saturated carbocycles. The van der Waals surface area contributed by atoms with Crippen LogP contribution in [0.1, 0.15) is 43.9 Å². The van der Waals surface area contributed by atoms with Crippen molar-refractivity contribution in [2.45, 2.75) is 38.8 Å². The van der Waals surface area contributed by atoms with E-state index in [1.165, 1.54) is 11.1 Å². The van der Waals surface area contributed by atoms with Gasteiger partial charge in [0.1, 0.15) is 0 Å². The van der Waals surface area contributed by atoms with Gasteiger partial charge in [0.25, 0.3) is 0 Å². The molecule has 15 heavy (non-hydrogen) atoms. The van der Waals surface area contributed by atoms with Gasteiger partial charge in [-0.25, -0.2) is 0 Å². The Morgan fingerprint density at radius 1 is 1.13 bits per heavy atom. The van der Waals surface area contributed by atoms with Gasteiger partial charge < -0.3 is 10.2 Å². The third-order valence-corrected chi connectivity index (χ3v) is 3.24. The first kappa shape index (κ1) is 12.4. The van der Waals surface area contributed by atoms with Gasteiger partial charge in [0.2, 0.25) is 10.5 Å². The molecule has 0 heterocycles. The molecule has 0 aliphatic rings. The van der Waals surface area contributed by atoms with Crippen LogP contribution in [0.3, 0.4) is 0 Å². The third-order valence-electron chi connectivity index (χ3n) is 2.89. The number of rotatable bonds is 4. The average Bonchev–Trinajstić information content (AvgIpc) is 2.27. The highest BCUT2D eigenvalue weighted by Crippen LogP contribution is 2.27. The fourth-order valence-electron chi connectivity index (χ4n) is 1.64. The molecule has 0 spiro atoms. The first-order chi connectivity index (χ1) is 7.07. The molecule has 81 valence electrons. The minimum absolute atomic E-state index is 0.0408. The van der Waals surface area contributed by atoms with Crippen LogP contribution >= 0.6 is 0 Å². The van der Waals surface area contributed by atoms with Crippen LogP contribution < -0.4 is 5.73 Å². The van der Waals surface area contributed by atoms with Crippen LogP contribution in [0.5, 0.6) is 0 Å². The van der Waals surface area contributed by atoms with Gasteiger partial charge in [-0.1, -0.05) is 31.2 Å². The van der Waals surface area contributed by atoms with Crippen LogP contribution in [0.2, 0.25) is 0 Å². The first-order valence-electron chi connectivity index (χ1n) is 5.24. The van der Waals surface area contributed by atoms with Crippen LogP contribution in [0, 0.1) is 0 Å². The van der Waals surface area contributed by atoms with E-state index in [2.05, 4.69) is 29.5 Å². The van der Waals surface area contributed by atoms with Crippen LogP contribution in [0.4, 0.5) is 0 Å². The topological polar surface area (TPSA) is 35.2 Å². The Morgan fingerprint density at radius 2 is 1.67 bits per heavy atom. The van der Waals surface area contributed by atoms with Crippen molar-refractivity contribution in [1.29, 1.82) is 0 Å². The number of hydrogen-bond donors (Lipinski definition) is 1. The summed E-state index contributed by atoms with van der Waals surface area (Å²) < 4.78 is 5.17. The SMILES string of the molecule is CC(O[Si])c1ccccc1C(C)C(C)N. The zero-order chi connectivity index (χ0) is 11.4. The van der Waals surface area contributed by atoms with Crippen LogP contribution in [0.25, 0.3) is 0 Å². The van der Waals surface area contributed by atoms with Crippen molar-refractivity contribution in [1.82, 2.24) is 0 Å². The highest BCUT2D eigenvalue weighted by atomic mass is 28.2. The van der Waals surface area contributed by atoms with Crippen molar-refractivity contribution < 1.29 is 4.43 Å². The van der Waals surface area contributed by atoms with Gasteiger partial charge >= 0.3 is 0 Å². The molecule has 0 bridgehead atoms. The smallest absolute Gasteiger partial charge is 0.247 e. The van der Waals surface area contributed by atoms with Crippen LogP contribution in [0.15, 0.2) is 24.3 Å². The molecule has 2 N–H and O–H groups in total. The summed E-state index contributed by atoms with van der Waals surface area (Å²) in [6.45, 7) is 6.18. The fourth-order valence-corrected chi connectivity index (χ4v) is 1.77. The van der Waals surface area contributed by atoms with E-state index < -0.39 is 0 Å². The Kier molecular flexibility index (Phi) is 4.51. The largest absolute Gasteiger partial charge is 0.412 e. The predicted octanol–water partition coefficient (Wildman–Crippen LogP) is 2.30. The lowest BCUT2D eigenvalue weighted by Gasteiger charge is -2.22. The lowest BCUT2D eigenvalue weighted by Crippen LogP contribution is -2.23. The maximum Gasteiger partial charge on any atom is 0.247 e. The third kappa shape index (κ3) is 2.90. The summed E-state index contributed by atoms with van der Waals surface area (Å²) in [5.41, 5.74) is 8.38. The molecule has 1 rings (SSSR count). The molecule has 1 aromatic carbocycles. The standard InChI is InChI=1S/C12H18NOSi/c1-8(9(2)13)11-6-4-5-7-12(11)10(3)14-15/h4-10H,13H2,1-3H3. The molecule has 0 aromatic heterocycles. The Labute approximate surface area is 95.4 Å². The van der Waals surface area contributed by atoms with E-state index in [4.69, 9.17) is 10.2 Å². The van der Waals surface area contributed by atoms with Crippen molar-refractivity contribution in [2.75, 3.05) is 0 Å². The van der Waals surface area contributed by atoms with Crippen molar-refractivity contribution in [2.24, 2.45) is 5.73 Å². The molecule has 0 fully saturated rings. The summed E-state index contributed by atoms with van der Waals surface area (Å²) in [4.78, 5) is 0. The molecule has 1 aromatic rings. The van der Waals surface area contributed by atoms with E-state index in [9.17, 15) is 0 Å². The van der Waals surface area contributed by atoms with Gasteiger partial charge in [-0.3, -0.25) is 0 Å². The van der Waals surface area contributed by atoms with E-state index >= 15 is 0 Å². The highest BCUT2D eigenvalue weighted by molar-refractivity contribution is 5.98. The molecule has 3 atom stereocenters. The normalized spacial score (nSPS) is 17.1. The van der Waals surface area contributed by atoms with Gasteiger partial charge in [0, 0.05) is 6.04 Å². The molecule has 0 aliphatic carbocycles. The number of nitrogens with two attached hydrogens (primary N) is 1. The van der Waals surface area contributed by atoms with E-state index in [0.717, 1.165) is 0 Å². The average molecular weight is 220 g/mol. The van der Waals surface area contributed by atoms with E-state index in [1.54, 1.807) is 0 Å². The molecule has 0 aliphatic heterocycles. The fraction of sp³-hybridized carbons (Fsp3) is 0.500. The van der Waals surface area contributed by atoms with Crippen molar-refractivity contribution >= 4 is 10.5 Å². The van der Waals surface area contributed by atoms with Crippen molar-refractivity contribution in [3.63, 3.8) is 0 Å². The minimum Gasteiger partial charge on any atom is -0.412 e. The lowest BCUT2D eigenvalue weighted by molar-refractivity contribution is 0.248. The molecule has 2 nitrogen and oxygen atoms in total. The zero-order valence-electron chi connectivity index (χ0n) is 9.53. The monoisotopic (exact) mass is 220 g/mol. The quantitative estimate of drug-likeness (QED) is 0.790. The molecule has 3 radical (unpaired) electrons. The second-order valence-electron chi connectivity index (χ2n) is 4.04. The Balaban J connectivity index is 3.06. The summed E-state index contributed by atoms with van der Waals surface area (Å²) in [6, 6.07) is 8.41. The van der Waals surface area contributed by atoms with E-state index in [-0.39, 0.29) is 12.1 Å². The summed E-state index contributed by atoms with van der Waals surface area (Å²) in [7, 11) is 3.09. The molecular weight excluding hydrogens is 202 g/mol. The van der Waals surface area contributed by atoms with Crippen molar-refractivity contribution in [3.8, 4) is 0 Å². The summed E-state index contributed by atoms with van der Waals surface area (Å²) in [5, 5.41) is 0. The van der Waals surface area contributed by atoms with Crippen LogP contribution in [-0.4, -0.2) is 16.5 Å². The van der Waals surface area contributed by atoms with Gasteiger partial charge in [-0.05, 0) is 30.9 Å². The predicted molar refractivity (Wildman–Crippen MR) is 63.8 cm³/mol. The van der Waals surface area contributed by atoms with Crippen LogP contribution in [-0.2, 0) is 4.43 Å². The van der Waals surface area contributed by atoms with Crippen molar-refractivity contribution in [3.05, 3.63) is 35.4 Å². The van der Waals surface area contributed by atoms with Gasteiger partial charge in [0.05, 0.1) is 6.10 Å². The number of hydrogen-bond acceptors (Lipinski definition) is 2. The number of benzene rings is 1. The molecule has 3 unspecified atom stereocenters. The maximum absolute atomic E-state index is 5.93. The zero-order valence-corrected chi connectivity index (χ0v) is 10.5. The van der Waals surface area contributed by atoms with E-state index in [1.807, 2.05) is 26.0 Å². The second-order valence-corrected chi connectivity index (χ2v) is 4.27. The molecule has 3 heteroatoms. The van der Waals surface area contributed by atoms with Gasteiger partial charge in [-0.2, -0.15) is 0 Å². The second kappa shape index (κ2) is 5.44. The van der Waals surface area contributed by atoms with Gasteiger partial charge in [0.15, 0.2) is 0 Å². The van der Waals surface area contributed by atoms with Gasteiger partial charge in [-0.15, -0.1) is 0 Å². The lowest BCUT2D eigenvalue weighted by atomic mass is 9.89. The summed E-state index contributed by atoms with van der Waals surface area (Å²) in [5.74, 6) is 0.338. The summed E-state index contributed by atoms with van der Waals surface area (Å²) in [6.07, 6.45) is 0.0408. The first-order valence-corrected chi connectivity index (χ1v) is 5.65. The molecule has 0 saturated heterocycles. The maximum atomic E-state index is 5.93. The Morgan fingerprint density at radius 3 is 2.13 bits per heavy atom. The Hall–Kier alpha value is -0.643. The Bertz CT molecular complexity index is 314. The molecular formula is C12H18NOSi. The minimum atomic E-state index is 0.0408. The molecule has 0 amide bonds. The highest BCUT2D eigenvalue weighted by Gasteiger charge is 2.16. The summed E-state index contributed by atoms with van der Waals surface area (Å²) >= 11 is 0.